The van der Waals surface area contributed by atoms with Gasteiger partial charge in [0, 0.05) is 34.7 Å². The minimum absolute atomic E-state index is 0.238. The van der Waals surface area contributed by atoms with E-state index >= 15 is 0 Å². The van der Waals surface area contributed by atoms with Crippen molar-refractivity contribution in [3.8, 4) is 11.1 Å². The van der Waals surface area contributed by atoms with Gasteiger partial charge < -0.3 is 5.32 Å². The summed E-state index contributed by atoms with van der Waals surface area (Å²) in [7, 11) is 0. The number of fused-ring (bicyclic) bond motifs is 1. The van der Waals surface area contributed by atoms with Gasteiger partial charge in [0.15, 0.2) is 0 Å². The average molecular weight is 328 g/mol. The molecule has 4 aromatic rings. The number of halogens is 1. The quantitative estimate of drug-likeness (QED) is 0.492. The lowest BCUT2D eigenvalue weighted by atomic mass is 9.99. The van der Waals surface area contributed by atoms with Crippen LogP contribution in [0.25, 0.3) is 21.9 Å². The van der Waals surface area contributed by atoms with Crippen LogP contribution in [0.1, 0.15) is 5.56 Å². The number of pyridine rings is 1. The lowest BCUT2D eigenvalue weighted by molar-refractivity contribution is 0.628. The molecule has 25 heavy (non-hydrogen) atoms. The summed E-state index contributed by atoms with van der Waals surface area (Å²) in [5.41, 5.74) is 5.18. The molecule has 1 N–H and O–H groups in total. The Balaban J connectivity index is 1.77. The topological polar surface area (TPSA) is 24.9 Å². The molecule has 0 saturated heterocycles. The van der Waals surface area contributed by atoms with Crippen molar-refractivity contribution in [1.29, 1.82) is 0 Å². The van der Waals surface area contributed by atoms with Gasteiger partial charge in [0.25, 0.3) is 0 Å². The molecule has 0 fully saturated rings. The highest BCUT2D eigenvalue weighted by molar-refractivity contribution is 5.96. The van der Waals surface area contributed by atoms with Gasteiger partial charge in [-0.1, -0.05) is 36.4 Å². The molecular weight excluding hydrogens is 311 g/mol. The minimum atomic E-state index is -0.238. The third kappa shape index (κ3) is 3.09. The molecule has 0 radical (unpaired) electrons. The van der Waals surface area contributed by atoms with Crippen molar-refractivity contribution in [3.05, 3.63) is 90.5 Å². The molecule has 0 saturated carbocycles. The number of anilines is 2. The van der Waals surface area contributed by atoms with E-state index in [1.165, 1.54) is 17.5 Å². The summed E-state index contributed by atoms with van der Waals surface area (Å²) < 4.78 is 13.1. The van der Waals surface area contributed by atoms with Gasteiger partial charge in [-0.3, -0.25) is 4.98 Å². The fourth-order valence-electron chi connectivity index (χ4n) is 2.96. The molecule has 0 aliphatic rings. The summed E-state index contributed by atoms with van der Waals surface area (Å²) in [5, 5.41) is 5.66. The molecular formula is C22H17FN2. The molecule has 0 bridgehead atoms. The van der Waals surface area contributed by atoms with E-state index in [1.54, 1.807) is 12.1 Å². The van der Waals surface area contributed by atoms with Crippen LogP contribution in [-0.2, 0) is 0 Å². The van der Waals surface area contributed by atoms with E-state index in [0.29, 0.717) is 0 Å². The van der Waals surface area contributed by atoms with Crippen LogP contribution in [0.2, 0.25) is 0 Å². The average Bonchev–Trinajstić information content (AvgIpc) is 2.65. The third-order valence-electron chi connectivity index (χ3n) is 4.34. The highest BCUT2D eigenvalue weighted by Gasteiger charge is 2.07. The minimum Gasteiger partial charge on any atom is -0.355 e. The third-order valence-corrected chi connectivity index (χ3v) is 4.34. The van der Waals surface area contributed by atoms with Crippen LogP contribution in [0.4, 0.5) is 15.8 Å². The Morgan fingerprint density at radius 1 is 0.880 bits per heavy atom. The number of nitrogens with zero attached hydrogens (tertiary/aromatic N) is 1. The predicted molar refractivity (Wildman–Crippen MR) is 102 cm³/mol. The predicted octanol–water partition coefficient (Wildman–Crippen LogP) is 6.09. The summed E-state index contributed by atoms with van der Waals surface area (Å²) >= 11 is 0. The number of aromatic nitrogens is 1. The second-order valence-electron chi connectivity index (χ2n) is 6.07. The van der Waals surface area contributed by atoms with E-state index in [0.717, 1.165) is 33.5 Å². The van der Waals surface area contributed by atoms with Crippen molar-refractivity contribution in [3.63, 3.8) is 0 Å². The van der Waals surface area contributed by atoms with Crippen molar-refractivity contribution >= 4 is 22.1 Å². The van der Waals surface area contributed by atoms with E-state index in [9.17, 15) is 4.39 Å². The fraction of sp³-hybridized carbons (Fsp3) is 0.0455. The van der Waals surface area contributed by atoms with Gasteiger partial charge in [-0.25, -0.2) is 4.39 Å². The second kappa shape index (κ2) is 6.36. The van der Waals surface area contributed by atoms with Crippen molar-refractivity contribution in [2.24, 2.45) is 0 Å². The first-order valence-corrected chi connectivity index (χ1v) is 8.17. The Hall–Kier alpha value is -3.20. The highest BCUT2D eigenvalue weighted by atomic mass is 19.1. The Labute approximate surface area is 146 Å². The van der Waals surface area contributed by atoms with Crippen molar-refractivity contribution < 1.29 is 4.39 Å². The van der Waals surface area contributed by atoms with Crippen LogP contribution in [0.3, 0.4) is 0 Å². The maximum absolute atomic E-state index is 13.1. The first-order chi connectivity index (χ1) is 12.2. The van der Waals surface area contributed by atoms with Crippen LogP contribution in [-0.4, -0.2) is 4.98 Å². The van der Waals surface area contributed by atoms with Gasteiger partial charge >= 0.3 is 0 Å². The molecule has 3 aromatic carbocycles. The molecule has 2 nitrogen and oxygen atoms in total. The Morgan fingerprint density at radius 3 is 2.52 bits per heavy atom. The van der Waals surface area contributed by atoms with Gasteiger partial charge in [-0.05, 0) is 53.8 Å². The number of benzene rings is 3. The van der Waals surface area contributed by atoms with E-state index < -0.39 is 0 Å². The fourth-order valence-corrected chi connectivity index (χ4v) is 2.96. The summed E-state index contributed by atoms with van der Waals surface area (Å²) in [5.74, 6) is -0.238. The molecule has 0 atom stereocenters. The molecule has 0 unspecified atom stereocenters. The first-order valence-electron chi connectivity index (χ1n) is 8.17. The molecule has 3 heteroatoms. The lowest BCUT2D eigenvalue weighted by Crippen LogP contribution is -1.94. The zero-order chi connectivity index (χ0) is 17.2. The largest absolute Gasteiger partial charge is 0.355 e. The standard InChI is InChI=1S/C22H17FN2/c1-15-6-7-16(12-22(15)25-19-10-8-18(23)9-11-19)21-14-24-13-17-4-2-3-5-20(17)21/h2-14,25H,1H3. The van der Waals surface area contributed by atoms with Crippen molar-refractivity contribution in [2.75, 3.05) is 5.32 Å². The molecule has 0 amide bonds. The van der Waals surface area contributed by atoms with Gasteiger partial charge in [-0.15, -0.1) is 0 Å². The SMILES string of the molecule is Cc1ccc(-c2cncc3ccccc23)cc1Nc1ccc(F)cc1. The highest BCUT2D eigenvalue weighted by Crippen LogP contribution is 2.31. The molecule has 122 valence electrons. The van der Waals surface area contributed by atoms with Gasteiger partial charge in [0.05, 0.1) is 0 Å². The van der Waals surface area contributed by atoms with Crippen LogP contribution in [0.15, 0.2) is 79.1 Å². The Kier molecular flexibility index (Phi) is 3.90. The van der Waals surface area contributed by atoms with Gasteiger partial charge in [0.1, 0.15) is 5.82 Å². The lowest BCUT2D eigenvalue weighted by Gasteiger charge is -2.13. The molecule has 1 heterocycles. The zero-order valence-electron chi connectivity index (χ0n) is 13.8. The van der Waals surface area contributed by atoms with Crippen LogP contribution >= 0.6 is 0 Å². The zero-order valence-corrected chi connectivity index (χ0v) is 13.8. The normalized spacial score (nSPS) is 10.8. The van der Waals surface area contributed by atoms with Crippen molar-refractivity contribution in [1.82, 2.24) is 4.98 Å². The molecule has 1 aromatic heterocycles. The molecule has 0 spiro atoms. The smallest absolute Gasteiger partial charge is 0.123 e. The van der Waals surface area contributed by atoms with Gasteiger partial charge in [-0.2, -0.15) is 0 Å². The van der Waals surface area contributed by atoms with Crippen LogP contribution < -0.4 is 5.32 Å². The molecule has 4 rings (SSSR count). The first kappa shape index (κ1) is 15.3. The summed E-state index contributed by atoms with van der Waals surface area (Å²) in [6, 6.07) is 20.9. The number of nitrogens with one attached hydrogen (secondary N) is 1. The number of hydrogen-bond donors (Lipinski definition) is 1. The van der Waals surface area contributed by atoms with E-state index in [4.69, 9.17) is 0 Å². The van der Waals surface area contributed by atoms with Crippen LogP contribution in [0.5, 0.6) is 0 Å². The van der Waals surface area contributed by atoms with Gasteiger partial charge in [0.2, 0.25) is 0 Å². The summed E-state index contributed by atoms with van der Waals surface area (Å²) in [6.45, 7) is 2.05. The summed E-state index contributed by atoms with van der Waals surface area (Å²) in [6.07, 6.45) is 3.78. The monoisotopic (exact) mass is 328 g/mol. The number of aryl methyl sites for hydroxylation is 1. The Bertz CT molecular complexity index is 1030. The maximum Gasteiger partial charge on any atom is 0.123 e. The maximum atomic E-state index is 13.1. The van der Waals surface area contributed by atoms with Crippen LogP contribution in [0, 0.1) is 12.7 Å². The second-order valence-corrected chi connectivity index (χ2v) is 6.07. The van der Waals surface area contributed by atoms with E-state index in [-0.39, 0.29) is 5.82 Å². The van der Waals surface area contributed by atoms with Crippen molar-refractivity contribution in [2.45, 2.75) is 6.92 Å². The van der Waals surface area contributed by atoms with E-state index in [2.05, 4.69) is 47.6 Å². The number of hydrogen-bond acceptors (Lipinski definition) is 2. The summed E-state index contributed by atoms with van der Waals surface area (Å²) in [4.78, 5) is 4.37. The molecule has 0 aliphatic heterocycles. The van der Waals surface area contributed by atoms with E-state index in [1.807, 2.05) is 24.5 Å². The number of rotatable bonds is 3. The molecule has 0 aliphatic carbocycles. The Morgan fingerprint density at radius 2 is 1.68 bits per heavy atom.